The number of carbonyl (C=O) groups is 2. The molecule has 2 aliphatic rings. The second-order valence-corrected chi connectivity index (χ2v) is 7.72. The number of nitrogens with zero attached hydrogens (tertiary/aromatic N) is 2. The van der Waals surface area contributed by atoms with E-state index >= 15 is 0 Å². The van der Waals surface area contributed by atoms with E-state index in [1.54, 1.807) is 4.90 Å². The van der Waals surface area contributed by atoms with Gasteiger partial charge in [0.15, 0.2) is 0 Å². The molecule has 25 heavy (non-hydrogen) atoms. The number of hydrogen-bond acceptors (Lipinski definition) is 5. The molecule has 3 atom stereocenters. The quantitative estimate of drug-likeness (QED) is 0.786. The smallest absolute Gasteiger partial charge is 0.410 e. The molecule has 0 radical (unpaired) electrons. The van der Waals surface area contributed by atoms with Crippen LogP contribution in [0.4, 0.5) is 4.79 Å². The molecule has 2 aliphatic heterocycles. The maximum absolute atomic E-state index is 12.5. The lowest BCUT2D eigenvalue weighted by Crippen LogP contribution is -2.58. The van der Waals surface area contributed by atoms with E-state index in [4.69, 9.17) is 9.47 Å². The molecule has 0 aromatic heterocycles. The molecular formula is C19H28N2O4. The molecule has 2 heterocycles. The van der Waals surface area contributed by atoms with E-state index in [1.165, 1.54) is 7.11 Å². The average molecular weight is 348 g/mol. The first-order valence-corrected chi connectivity index (χ1v) is 8.67. The van der Waals surface area contributed by atoms with Crippen molar-refractivity contribution in [3.63, 3.8) is 0 Å². The number of ether oxygens (including phenoxy) is 2. The Kier molecular flexibility index (Phi) is 4.73. The lowest BCUT2D eigenvalue weighted by molar-refractivity contribution is -0.149. The SMILES string of the molecule is COC(=O)C1C2CC(CN2C(=O)OC(C)(C)C)N1Cc1ccccc1.[HH]. The molecule has 2 saturated heterocycles. The highest BCUT2D eigenvalue weighted by Crippen LogP contribution is 2.38. The van der Waals surface area contributed by atoms with Crippen LogP contribution < -0.4 is 0 Å². The summed E-state index contributed by atoms with van der Waals surface area (Å²) in [5, 5.41) is 0. The standard InChI is InChI=1S/C19H26N2O4.H2/c1-19(2,3)25-18(23)21-12-14-10-15(21)16(17(22)24-4)20(14)11-13-8-6-5-7-9-13;/h5-9,14-16H,10-12H2,1-4H3;1H. The first kappa shape index (κ1) is 17.7. The van der Waals surface area contributed by atoms with Gasteiger partial charge in [0.1, 0.15) is 11.6 Å². The molecule has 0 spiro atoms. The van der Waals surface area contributed by atoms with Crippen molar-refractivity contribution in [3.05, 3.63) is 35.9 Å². The fourth-order valence-corrected chi connectivity index (χ4v) is 3.80. The normalized spacial score (nSPS) is 25.9. The van der Waals surface area contributed by atoms with Crippen LogP contribution in [0.15, 0.2) is 30.3 Å². The third-order valence-electron chi connectivity index (χ3n) is 4.79. The van der Waals surface area contributed by atoms with Gasteiger partial charge >= 0.3 is 12.1 Å². The Hall–Kier alpha value is -2.08. The van der Waals surface area contributed by atoms with Crippen molar-refractivity contribution in [2.75, 3.05) is 13.7 Å². The van der Waals surface area contributed by atoms with Crippen LogP contribution in [0.3, 0.4) is 0 Å². The van der Waals surface area contributed by atoms with E-state index < -0.39 is 11.6 Å². The number of fused-ring (bicyclic) bond motifs is 2. The molecule has 0 aliphatic carbocycles. The Morgan fingerprint density at radius 2 is 1.92 bits per heavy atom. The summed E-state index contributed by atoms with van der Waals surface area (Å²) in [7, 11) is 1.40. The van der Waals surface area contributed by atoms with E-state index in [-0.39, 0.29) is 25.6 Å². The van der Waals surface area contributed by atoms with Crippen molar-refractivity contribution in [1.82, 2.24) is 9.80 Å². The van der Waals surface area contributed by atoms with Gasteiger partial charge in [-0.15, -0.1) is 0 Å². The summed E-state index contributed by atoms with van der Waals surface area (Å²) in [4.78, 5) is 28.8. The van der Waals surface area contributed by atoms with Crippen molar-refractivity contribution < 1.29 is 20.5 Å². The second-order valence-electron chi connectivity index (χ2n) is 7.72. The van der Waals surface area contributed by atoms with Gasteiger partial charge in [-0.2, -0.15) is 0 Å². The number of hydrogen-bond donors (Lipinski definition) is 0. The Bertz CT molecular complexity index is 647. The number of amides is 1. The van der Waals surface area contributed by atoms with Gasteiger partial charge in [0.2, 0.25) is 0 Å². The summed E-state index contributed by atoms with van der Waals surface area (Å²) in [6.45, 7) is 6.79. The van der Waals surface area contributed by atoms with Crippen molar-refractivity contribution in [1.29, 1.82) is 0 Å². The predicted octanol–water partition coefficient (Wildman–Crippen LogP) is 2.67. The van der Waals surface area contributed by atoms with Crippen LogP contribution >= 0.6 is 0 Å². The van der Waals surface area contributed by atoms with Crippen molar-refractivity contribution in [2.24, 2.45) is 0 Å². The molecule has 2 bridgehead atoms. The highest BCUT2D eigenvalue weighted by molar-refractivity contribution is 5.80. The van der Waals surface area contributed by atoms with Gasteiger partial charge in [0.25, 0.3) is 0 Å². The Morgan fingerprint density at radius 1 is 1.24 bits per heavy atom. The van der Waals surface area contributed by atoms with Crippen LogP contribution in [0.2, 0.25) is 0 Å². The summed E-state index contributed by atoms with van der Waals surface area (Å²) >= 11 is 0. The molecule has 6 nitrogen and oxygen atoms in total. The third-order valence-corrected chi connectivity index (χ3v) is 4.79. The first-order valence-electron chi connectivity index (χ1n) is 8.67. The number of esters is 1. The maximum atomic E-state index is 12.5. The largest absolute Gasteiger partial charge is 0.468 e. The van der Waals surface area contributed by atoms with Gasteiger partial charge in [-0.25, -0.2) is 4.79 Å². The summed E-state index contributed by atoms with van der Waals surface area (Å²) in [6.07, 6.45) is 0.416. The van der Waals surface area contributed by atoms with Crippen molar-refractivity contribution in [3.8, 4) is 0 Å². The monoisotopic (exact) mass is 348 g/mol. The lowest BCUT2D eigenvalue weighted by atomic mass is 10.1. The molecule has 0 saturated carbocycles. The minimum Gasteiger partial charge on any atom is -0.468 e. The molecule has 6 heteroatoms. The molecule has 3 unspecified atom stereocenters. The van der Waals surface area contributed by atoms with Crippen LogP contribution in [-0.2, 0) is 20.8 Å². The zero-order valence-corrected chi connectivity index (χ0v) is 15.3. The number of methoxy groups -OCH3 is 1. The van der Waals surface area contributed by atoms with Crippen LogP contribution in [0, 0.1) is 0 Å². The molecular weight excluding hydrogens is 320 g/mol. The Labute approximate surface area is 150 Å². The molecule has 3 rings (SSSR count). The van der Waals surface area contributed by atoms with Gasteiger partial charge in [-0.1, -0.05) is 30.3 Å². The minimum atomic E-state index is -0.552. The van der Waals surface area contributed by atoms with Gasteiger partial charge < -0.3 is 14.4 Å². The molecule has 1 aromatic rings. The van der Waals surface area contributed by atoms with Crippen molar-refractivity contribution in [2.45, 2.75) is 57.5 Å². The third kappa shape index (κ3) is 3.63. The number of benzene rings is 1. The van der Waals surface area contributed by atoms with Crippen LogP contribution in [0.1, 0.15) is 34.2 Å². The number of rotatable bonds is 3. The maximum Gasteiger partial charge on any atom is 0.410 e. The zero-order valence-electron chi connectivity index (χ0n) is 15.3. The number of carbonyl (C=O) groups excluding carboxylic acids is 2. The van der Waals surface area contributed by atoms with E-state index in [0.29, 0.717) is 13.1 Å². The summed E-state index contributed by atoms with van der Waals surface area (Å²) in [5.41, 5.74) is 0.594. The van der Waals surface area contributed by atoms with E-state index in [0.717, 1.165) is 12.0 Å². The molecule has 2 fully saturated rings. The fraction of sp³-hybridized carbons (Fsp3) is 0.579. The summed E-state index contributed by atoms with van der Waals surface area (Å²) in [6, 6.07) is 9.54. The fourth-order valence-electron chi connectivity index (χ4n) is 3.80. The summed E-state index contributed by atoms with van der Waals surface area (Å²) < 4.78 is 10.5. The van der Waals surface area contributed by atoms with Gasteiger partial charge in [-0.05, 0) is 32.8 Å². The Morgan fingerprint density at radius 3 is 2.52 bits per heavy atom. The number of likely N-dealkylation sites (tertiary alicyclic amines) is 2. The van der Waals surface area contributed by atoms with E-state index in [9.17, 15) is 9.59 Å². The molecule has 138 valence electrons. The van der Waals surface area contributed by atoms with Crippen LogP contribution in [0.5, 0.6) is 0 Å². The van der Waals surface area contributed by atoms with Gasteiger partial charge in [-0.3, -0.25) is 9.69 Å². The molecule has 1 amide bonds. The first-order chi connectivity index (χ1) is 11.8. The zero-order chi connectivity index (χ0) is 18.2. The average Bonchev–Trinajstić information content (AvgIpc) is 3.12. The highest BCUT2D eigenvalue weighted by atomic mass is 16.6. The van der Waals surface area contributed by atoms with E-state index in [2.05, 4.69) is 4.90 Å². The Balaban J connectivity index is 0.00000243. The van der Waals surface area contributed by atoms with Crippen molar-refractivity contribution >= 4 is 12.1 Å². The van der Waals surface area contributed by atoms with Crippen LogP contribution in [-0.4, -0.2) is 59.2 Å². The van der Waals surface area contributed by atoms with Crippen LogP contribution in [0.25, 0.3) is 0 Å². The summed E-state index contributed by atoms with van der Waals surface area (Å²) in [5.74, 6) is -0.295. The van der Waals surface area contributed by atoms with Gasteiger partial charge in [0, 0.05) is 20.6 Å². The second kappa shape index (κ2) is 6.67. The van der Waals surface area contributed by atoms with E-state index in [1.807, 2.05) is 51.1 Å². The molecule has 1 aromatic carbocycles. The lowest BCUT2D eigenvalue weighted by Gasteiger charge is -2.39. The number of piperazine rings is 1. The topological polar surface area (TPSA) is 59.1 Å². The van der Waals surface area contributed by atoms with Gasteiger partial charge in [0.05, 0.1) is 13.2 Å². The minimum absolute atomic E-state index is 0. The predicted molar refractivity (Wildman–Crippen MR) is 95.0 cm³/mol. The highest BCUT2D eigenvalue weighted by Gasteiger charge is 2.55. The molecule has 0 N–H and O–H groups in total.